The van der Waals surface area contributed by atoms with E-state index in [2.05, 4.69) is 0 Å². The van der Waals surface area contributed by atoms with E-state index in [4.69, 9.17) is 0 Å². The summed E-state index contributed by atoms with van der Waals surface area (Å²) in [4.78, 5) is 37.2. The smallest absolute Gasteiger partial charge is 0.247 e. The molecule has 1 saturated heterocycles. The number of carbonyl (C=O) groups is 3. The summed E-state index contributed by atoms with van der Waals surface area (Å²) < 4.78 is 13.0. The molecule has 1 aliphatic rings. The topological polar surface area (TPSA) is 77.5 Å². The number of carbonyl (C=O) groups excluding carboxylic acids is 3. The van der Waals surface area contributed by atoms with Crippen LogP contribution in [0.15, 0.2) is 53.4 Å². The number of nitrogens with zero attached hydrogens (tertiary/aromatic N) is 1. The largest absolute Gasteiger partial charge is 0.545 e. The number of amides is 2. The summed E-state index contributed by atoms with van der Waals surface area (Å²) in [6.07, 6.45) is -0.0533. The summed E-state index contributed by atoms with van der Waals surface area (Å²) in [7, 11) is 0. The molecule has 0 saturated carbocycles. The predicted molar refractivity (Wildman–Crippen MR) is 83.9 cm³/mol. The summed E-state index contributed by atoms with van der Waals surface area (Å²) in [6.45, 7) is 0. The second kappa shape index (κ2) is 6.45. The molecule has 1 atom stereocenters. The second-order valence-electron chi connectivity index (χ2n) is 5.14. The molecule has 5 nitrogen and oxygen atoms in total. The SMILES string of the molecule is O=C([O-])c1ccccc1S[C@@H]1CC(=O)N(c2ccc(F)cc2)C1=O. The molecule has 2 amide bonds. The number of carboxylic acids is 1. The fraction of sp³-hybridized carbons (Fsp3) is 0.118. The molecule has 1 aliphatic heterocycles. The molecular weight excluding hydrogens is 333 g/mol. The van der Waals surface area contributed by atoms with Gasteiger partial charge in [0, 0.05) is 16.9 Å². The van der Waals surface area contributed by atoms with E-state index in [1.807, 2.05) is 0 Å². The average molecular weight is 344 g/mol. The van der Waals surface area contributed by atoms with Crippen molar-refractivity contribution in [3.05, 3.63) is 59.9 Å². The second-order valence-corrected chi connectivity index (χ2v) is 6.38. The van der Waals surface area contributed by atoms with Crippen LogP contribution in [-0.2, 0) is 9.59 Å². The summed E-state index contributed by atoms with van der Waals surface area (Å²) in [6, 6.07) is 11.2. The van der Waals surface area contributed by atoms with Gasteiger partial charge in [-0.25, -0.2) is 9.29 Å². The van der Waals surface area contributed by atoms with Crippen LogP contribution in [0.5, 0.6) is 0 Å². The van der Waals surface area contributed by atoms with E-state index in [0.717, 1.165) is 16.7 Å². The van der Waals surface area contributed by atoms with Crippen molar-refractivity contribution in [3.63, 3.8) is 0 Å². The monoisotopic (exact) mass is 344 g/mol. The molecule has 0 spiro atoms. The van der Waals surface area contributed by atoms with Gasteiger partial charge in [0.1, 0.15) is 5.82 Å². The van der Waals surface area contributed by atoms with Crippen LogP contribution >= 0.6 is 11.8 Å². The van der Waals surface area contributed by atoms with Crippen LogP contribution in [0.25, 0.3) is 0 Å². The third-order valence-corrected chi connectivity index (χ3v) is 4.83. The molecule has 0 aromatic heterocycles. The minimum Gasteiger partial charge on any atom is -0.545 e. The van der Waals surface area contributed by atoms with Crippen LogP contribution in [-0.4, -0.2) is 23.0 Å². The first-order valence-corrected chi connectivity index (χ1v) is 7.94. The van der Waals surface area contributed by atoms with Crippen molar-refractivity contribution >= 4 is 35.2 Å². The number of benzene rings is 2. The predicted octanol–water partition coefficient (Wildman–Crippen LogP) is 1.61. The first kappa shape index (κ1) is 16.2. The molecule has 1 heterocycles. The zero-order valence-electron chi connectivity index (χ0n) is 12.3. The average Bonchev–Trinajstić information content (AvgIpc) is 2.83. The zero-order valence-corrected chi connectivity index (χ0v) is 13.1. The quantitative estimate of drug-likeness (QED) is 0.788. The summed E-state index contributed by atoms with van der Waals surface area (Å²) >= 11 is 1.01. The minimum atomic E-state index is -1.34. The molecule has 0 radical (unpaired) electrons. The van der Waals surface area contributed by atoms with Gasteiger partial charge >= 0.3 is 0 Å². The number of thioether (sulfide) groups is 1. The molecule has 2 aromatic carbocycles. The Balaban J connectivity index is 1.85. The summed E-state index contributed by atoms with van der Waals surface area (Å²) in [5.74, 6) is -2.67. The number of anilines is 1. The minimum absolute atomic E-state index is 0.0250. The van der Waals surface area contributed by atoms with E-state index in [-0.39, 0.29) is 12.0 Å². The van der Waals surface area contributed by atoms with Crippen molar-refractivity contribution in [1.29, 1.82) is 0 Å². The molecule has 0 aliphatic carbocycles. The van der Waals surface area contributed by atoms with Crippen LogP contribution < -0.4 is 10.0 Å². The third kappa shape index (κ3) is 3.03. The van der Waals surface area contributed by atoms with E-state index in [1.165, 1.54) is 30.3 Å². The maximum absolute atomic E-state index is 13.0. The summed E-state index contributed by atoms with van der Waals surface area (Å²) in [5, 5.41) is 10.4. The van der Waals surface area contributed by atoms with Gasteiger partial charge in [0.2, 0.25) is 11.8 Å². The fourth-order valence-electron chi connectivity index (χ4n) is 2.45. The first-order valence-electron chi connectivity index (χ1n) is 7.07. The molecule has 0 bridgehead atoms. The van der Waals surface area contributed by atoms with Gasteiger partial charge in [-0.2, -0.15) is 0 Å². The number of rotatable bonds is 4. The van der Waals surface area contributed by atoms with Crippen molar-refractivity contribution < 1.29 is 23.9 Å². The highest BCUT2D eigenvalue weighted by Crippen LogP contribution is 2.35. The number of aromatic carboxylic acids is 1. The van der Waals surface area contributed by atoms with Gasteiger partial charge in [0.25, 0.3) is 0 Å². The molecule has 24 heavy (non-hydrogen) atoms. The van der Waals surface area contributed by atoms with Gasteiger partial charge in [0.05, 0.1) is 16.9 Å². The van der Waals surface area contributed by atoms with Crippen molar-refractivity contribution in [2.24, 2.45) is 0 Å². The number of imide groups is 1. The lowest BCUT2D eigenvalue weighted by Crippen LogP contribution is -2.31. The number of hydrogen-bond acceptors (Lipinski definition) is 5. The zero-order chi connectivity index (χ0) is 17.3. The number of halogens is 1. The van der Waals surface area contributed by atoms with E-state index >= 15 is 0 Å². The Hall–Kier alpha value is -2.67. The van der Waals surface area contributed by atoms with Gasteiger partial charge in [-0.3, -0.25) is 9.59 Å². The van der Waals surface area contributed by atoms with Crippen LogP contribution in [0.4, 0.5) is 10.1 Å². The van der Waals surface area contributed by atoms with Gasteiger partial charge in [-0.1, -0.05) is 18.2 Å². The van der Waals surface area contributed by atoms with Crippen molar-refractivity contribution in [1.82, 2.24) is 0 Å². The molecule has 7 heteroatoms. The maximum atomic E-state index is 13.0. The fourth-order valence-corrected chi connectivity index (χ4v) is 3.62. The Bertz CT molecular complexity index is 822. The van der Waals surface area contributed by atoms with Crippen LogP contribution in [0.2, 0.25) is 0 Å². The standard InChI is InChI=1S/C17H12FNO4S/c18-10-5-7-11(8-6-10)19-15(20)9-14(16(19)21)24-13-4-2-1-3-12(13)17(22)23/h1-8,14H,9H2,(H,22,23)/p-1/t14-/m1/s1. The van der Waals surface area contributed by atoms with E-state index < -0.39 is 28.9 Å². The van der Waals surface area contributed by atoms with Crippen LogP contribution in [0.3, 0.4) is 0 Å². The maximum Gasteiger partial charge on any atom is 0.247 e. The third-order valence-electron chi connectivity index (χ3n) is 3.57. The van der Waals surface area contributed by atoms with Gasteiger partial charge in [-0.05, 0) is 30.3 Å². The highest BCUT2D eigenvalue weighted by molar-refractivity contribution is 8.00. The molecule has 3 rings (SSSR count). The Kier molecular flexibility index (Phi) is 4.35. The number of hydrogen-bond donors (Lipinski definition) is 0. The lowest BCUT2D eigenvalue weighted by molar-refractivity contribution is -0.255. The first-order chi connectivity index (χ1) is 11.5. The Labute approximate surface area is 141 Å². The molecular formula is C17H11FNO4S-. The van der Waals surface area contributed by atoms with E-state index in [1.54, 1.807) is 18.2 Å². The van der Waals surface area contributed by atoms with Crippen LogP contribution in [0, 0.1) is 5.82 Å². The number of carboxylic acid groups (broad SMARTS) is 1. The lowest BCUT2D eigenvalue weighted by atomic mass is 10.2. The van der Waals surface area contributed by atoms with E-state index in [9.17, 15) is 23.9 Å². The summed E-state index contributed by atoms with van der Waals surface area (Å²) in [5.41, 5.74) is 0.269. The van der Waals surface area contributed by atoms with Crippen molar-refractivity contribution in [2.75, 3.05) is 4.90 Å². The van der Waals surface area contributed by atoms with Gasteiger partial charge in [-0.15, -0.1) is 11.8 Å². The Morgan fingerprint density at radius 1 is 1.12 bits per heavy atom. The van der Waals surface area contributed by atoms with Gasteiger partial charge < -0.3 is 9.90 Å². The molecule has 0 N–H and O–H groups in total. The van der Waals surface area contributed by atoms with Gasteiger partial charge in [0.15, 0.2) is 0 Å². The molecule has 122 valence electrons. The Morgan fingerprint density at radius 2 is 1.79 bits per heavy atom. The van der Waals surface area contributed by atoms with Crippen molar-refractivity contribution in [2.45, 2.75) is 16.6 Å². The van der Waals surface area contributed by atoms with E-state index in [0.29, 0.717) is 10.6 Å². The normalized spacial score (nSPS) is 17.4. The Morgan fingerprint density at radius 3 is 2.46 bits per heavy atom. The van der Waals surface area contributed by atoms with Crippen molar-refractivity contribution in [3.8, 4) is 0 Å². The lowest BCUT2D eigenvalue weighted by Gasteiger charge is -2.16. The molecule has 1 fully saturated rings. The molecule has 2 aromatic rings. The highest BCUT2D eigenvalue weighted by Gasteiger charge is 2.40. The highest BCUT2D eigenvalue weighted by atomic mass is 32.2. The van der Waals surface area contributed by atoms with Crippen LogP contribution in [0.1, 0.15) is 16.8 Å². The molecule has 0 unspecified atom stereocenters.